The van der Waals surface area contributed by atoms with E-state index in [1.165, 1.54) is 0 Å². The largest absolute Gasteiger partial charge is 0 e. The average Bonchev–Trinajstić information content (AvgIpc) is 0.722. The van der Waals surface area contributed by atoms with E-state index in [0.29, 0.717) is 0 Å². The third-order valence-corrected chi connectivity index (χ3v) is 0. The molecular formula is H10AlKO5SiV. The summed E-state index contributed by atoms with van der Waals surface area (Å²) in [7, 11) is -4.61. The van der Waals surface area contributed by atoms with Gasteiger partial charge in [-0.25, -0.2) is 0 Å². The normalized spacial score (nSPS) is 6.67. The minimum Gasteiger partial charge on any atom is 0 e. The second kappa shape index (κ2) is 13.4. The van der Waals surface area contributed by atoms with Gasteiger partial charge in [0.05, 0.1) is 0 Å². The van der Waals surface area contributed by atoms with Crippen molar-refractivity contribution in [2.24, 2.45) is 0 Å². The maximum atomic E-state index is 7.33. The fraction of sp³-hybridized carbons (Fsp3) is 0. The van der Waals surface area contributed by atoms with E-state index in [2.05, 4.69) is 0 Å². The van der Waals surface area contributed by atoms with Gasteiger partial charge in [-0.15, -0.1) is 0 Å². The molecule has 0 saturated carbocycles. The molecule has 0 saturated heterocycles. The number of hydrogen-bond donors (Lipinski definition) is 4. The third kappa shape index (κ3) is 108. The first kappa shape index (κ1) is 29.8. The van der Waals surface area contributed by atoms with Crippen LogP contribution in [0.1, 0.15) is 0 Å². The first-order chi connectivity index (χ1) is 2.00. The predicted octanol–water partition coefficient (Wildman–Crippen LogP) is -5.27. The molecule has 9 heteroatoms. The Kier molecular flexibility index (Phi) is 44.2. The molecule has 0 bridgehead atoms. The van der Waals surface area contributed by atoms with Crippen molar-refractivity contribution in [2.75, 3.05) is 0 Å². The van der Waals surface area contributed by atoms with Crippen LogP contribution in [-0.4, -0.2) is 102 Å². The van der Waals surface area contributed by atoms with Gasteiger partial charge in [-0.1, -0.05) is 0 Å². The molecule has 53 valence electrons. The summed E-state index contributed by atoms with van der Waals surface area (Å²) in [6, 6.07) is 0. The van der Waals surface area contributed by atoms with E-state index in [0.717, 1.165) is 0 Å². The van der Waals surface area contributed by atoms with E-state index in [-0.39, 0.29) is 92.8 Å². The minimum atomic E-state index is -4.61. The van der Waals surface area contributed by atoms with E-state index in [1.54, 1.807) is 0 Å². The van der Waals surface area contributed by atoms with Crippen molar-refractivity contribution in [3.05, 3.63) is 0 Å². The first-order valence-corrected chi connectivity index (χ1v) is 2.68. The standard InChI is InChI=1S/Al.K.H4O4Si.H2O.V.4H/c;;1-5(2,3)4;;;;;;/h;;1-4H;1H2;;;;;. The molecule has 0 aromatic carbocycles. The molecule has 5 nitrogen and oxygen atoms in total. The summed E-state index contributed by atoms with van der Waals surface area (Å²) >= 11 is 0. The Bertz CT molecular complexity index is 32.4. The number of rotatable bonds is 0. The molecule has 6 N–H and O–H groups in total. The fourth-order valence-corrected chi connectivity index (χ4v) is 0. The zero-order chi connectivity index (χ0) is 4.50. The molecule has 1 radical (unpaired) electrons. The molecule has 0 aliphatic carbocycles. The van der Waals surface area contributed by atoms with Crippen LogP contribution in [0.15, 0.2) is 0 Å². The van der Waals surface area contributed by atoms with Crippen LogP contribution in [0.4, 0.5) is 0 Å². The van der Waals surface area contributed by atoms with Gasteiger partial charge in [0, 0.05) is 18.6 Å². The van der Waals surface area contributed by atoms with Crippen LogP contribution >= 0.6 is 0 Å². The van der Waals surface area contributed by atoms with Gasteiger partial charge in [-0.2, -0.15) is 0 Å². The first-order valence-electron chi connectivity index (χ1n) is 0.894. The van der Waals surface area contributed by atoms with Crippen LogP contribution in [0.5, 0.6) is 0 Å². The van der Waals surface area contributed by atoms with E-state index in [4.69, 9.17) is 19.2 Å². The van der Waals surface area contributed by atoms with Gasteiger partial charge in [-0.3, -0.25) is 0 Å². The van der Waals surface area contributed by atoms with Gasteiger partial charge >= 0.3 is 60.4 Å². The summed E-state index contributed by atoms with van der Waals surface area (Å²) in [6.45, 7) is 0. The zero-order valence-electron chi connectivity index (χ0n) is 3.24. The van der Waals surface area contributed by atoms with Crippen molar-refractivity contribution in [1.29, 1.82) is 0 Å². The summed E-state index contributed by atoms with van der Waals surface area (Å²) in [6.07, 6.45) is 0. The van der Waals surface area contributed by atoms with Crippen molar-refractivity contribution >= 4 is 77.8 Å². The molecule has 0 spiro atoms. The van der Waals surface area contributed by atoms with Crippen LogP contribution in [0.25, 0.3) is 0 Å². The van der Waals surface area contributed by atoms with Crippen LogP contribution in [0.2, 0.25) is 0 Å². The van der Waals surface area contributed by atoms with E-state index in [9.17, 15) is 0 Å². The maximum absolute atomic E-state index is 7.33. The quantitative estimate of drug-likeness (QED) is 0.314. The monoisotopic (exact) mass is 235 g/mol. The Morgan fingerprint density at radius 2 is 0.889 bits per heavy atom. The molecule has 0 aliphatic heterocycles. The van der Waals surface area contributed by atoms with Gasteiger partial charge in [0.2, 0.25) is 0 Å². The van der Waals surface area contributed by atoms with Crippen molar-refractivity contribution in [2.45, 2.75) is 0 Å². The van der Waals surface area contributed by atoms with Crippen LogP contribution in [-0.2, 0) is 18.6 Å². The van der Waals surface area contributed by atoms with Gasteiger partial charge in [0.15, 0.2) is 17.4 Å². The summed E-state index contributed by atoms with van der Waals surface area (Å²) in [5.41, 5.74) is 0. The second-order valence-electron chi connectivity index (χ2n) is 0.600. The molecule has 0 heterocycles. The van der Waals surface area contributed by atoms with Crippen molar-refractivity contribution in [3.63, 3.8) is 0 Å². The van der Waals surface area contributed by atoms with E-state index >= 15 is 0 Å². The minimum absolute atomic E-state index is 0. The Morgan fingerprint density at radius 1 is 0.889 bits per heavy atom. The summed E-state index contributed by atoms with van der Waals surface area (Å²) < 4.78 is 0. The summed E-state index contributed by atoms with van der Waals surface area (Å²) in [5.74, 6) is 0. The molecule has 0 atom stereocenters. The SMILES string of the molecule is O.O[Si](O)(O)O.[AlH3].[KH].[V]. The third-order valence-electron chi connectivity index (χ3n) is 0. The molecule has 0 amide bonds. The van der Waals surface area contributed by atoms with Gasteiger partial charge in [0.1, 0.15) is 0 Å². The summed E-state index contributed by atoms with van der Waals surface area (Å²) in [5, 5.41) is 0. The predicted molar refractivity (Wildman–Crippen MR) is 35.3 cm³/mol. The van der Waals surface area contributed by atoms with Crippen LogP contribution in [0.3, 0.4) is 0 Å². The van der Waals surface area contributed by atoms with Crippen molar-refractivity contribution < 1.29 is 43.2 Å². The zero-order valence-corrected chi connectivity index (χ0v) is 5.63. The molecule has 9 heavy (non-hydrogen) atoms. The van der Waals surface area contributed by atoms with E-state index in [1.807, 2.05) is 0 Å². The average molecular weight is 235 g/mol. The smallest absolute Gasteiger partial charge is 0 e. The topological polar surface area (TPSA) is 112 Å². The Morgan fingerprint density at radius 3 is 0.889 bits per heavy atom. The molecular weight excluding hydrogens is 225 g/mol. The molecule has 0 fully saturated rings. The van der Waals surface area contributed by atoms with Crippen molar-refractivity contribution in [1.82, 2.24) is 0 Å². The molecule has 0 aliphatic rings. The fourth-order valence-electron chi connectivity index (χ4n) is 0. The molecule has 0 aromatic rings. The molecule has 0 rings (SSSR count). The molecule has 0 aromatic heterocycles. The van der Waals surface area contributed by atoms with Gasteiger partial charge in [-0.05, 0) is 0 Å². The Hall–Kier alpha value is 2.77. The second-order valence-corrected chi connectivity index (χ2v) is 1.80. The Labute approximate surface area is 119 Å². The number of hydrogen-bond acceptors (Lipinski definition) is 4. The van der Waals surface area contributed by atoms with E-state index < -0.39 is 9.05 Å². The Balaban J connectivity index is -0.0000000133. The maximum Gasteiger partial charge on any atom is 0 e. The molecule has 0 unspecified atom stereocenters. The van der Waals surface area contributed by atoms with Gasteiger partial charge in [0.25, 0.3) is 0 Å². The van der Waals surface area contributed by atoms with Gasteiger partial charge < -0.3 is 24.7 Å². The van der Waals surface area contributed by atoms with Crippen LogP contribution < -0.4 is 0 Å². The summed E-state index contributed by atoms with van der Waals surface area (Å²) in [4.78, 5) is 29.3. The van der Waals surface area contributed by atoms with Crippen molar-refractivity contribution in [3.8, 4) is 0 Å². The van der Waals surface area contributed by atoms with Crippen LogP contribution in [0, 0.1) is 0 Å².